The summed E-state index contributed by atoms with van der Waals surface area (Å²) in [4.78, 5) is 14.1. The van der Waals surface area contributed by atoms with E-state index in [1.165, 1.54) is 6.42 Å². The zero-order valence-corrected chi connectivity index (χ0v) is 10.5. The van der Waals surface area contributed by atoms with Crippen molar-refractivity contribution < 1.29 is 4.79 Å². The maximum Gasteiger partial charge on any atom is 0.222 e. The summed E-state index contributed by atoms with van der Waals surface area (Å²) in [5, 5.41) is 0. The minimum Gasteiger partial charge on any atom is -0.339 e. The topological polar surface area (TPSA) is 46.3 Å². The molecule has 4 heteroatoms. The van der Waals surface area contributed by atoms with Crippen molar-refractivity contribution in [2.75, 3.05) is 12.4 Å². The van der Waals surface area contributed by atoms with Crippen molar-refractivity contribution in [1.82, 2.24) is 4.90 Å². The normalized spacial score (nSPS) is 33.1. The highest BCUT2D eigenvalue weighted by Gasteiger charge is 2.39. The van der Waals surface area contributed by atoms with Gasteiger partial charge in [-0.05, 0) is 38.0 Å². The SMILES string of the molecule is NC1CC2CC(C1)N(C(=O)CCCCCl)C2. The Balaban J connectivity index is 1.83. The molecule has 0 spiro atoms. The number of carbonyl (C=O) groups is 1. The van der Waals surface area contributed by atoms with Crippen LogP contribution in [0.2, 0.25) is 0 Å². The van der Waals surface area contributed by atoms with Gasteiger partial charge in [-0.25, -0.2) is 0 Å². The van der Waals surface area contributed by atoms with Crippen molar-refractivity contribution in [3.05, 3.63) is 0 Å². The van der Waals surface area contributed by atoms with E-state index in [-0.39, 0.29) is 0 Å². The quantitative estimate of drug-likeness (QED) is 0.605. The summed E-state index contributed by atoms with van der Waals surface area (Å²) in [6, 6.07) is 0.738. The van der Waals surface area contributed by atoms with Gasteiger partial charge in [-0.2, -0.15) is 0 Å². The largest absolute Gasteiger partial charge is 0.339 e. The summed E-state index contributed by atoms with van der Waals surface area (Å²) >= 11 is 5.61. The maximum absolute atomic E-state index is 12.0. The van der Waals surface area contributed by atoms with Crippen LogP contribution in [0.1, 0.15) is 38.5 Å². The number of rotatable bonds is 4. The molecule has 1 amide bonds. The second-order valence-electron chi connectivity index (χ2n) is 5.18. The lowest BCUT2D eigenvalue weighted by Crippen LogP contribution is -2.38. The van der Waals surface area contributed by atoms with Gasteiger partial charge in [0.25, 0.3) is 0 Å². The van der Waals surface area contributed by atoms with Crippen LogP contribution in [0.5, 0.6) is 0 Å². The van der Waals surface area contributed by atoms with E-state index in [9.17, 15) is 4.79 Å². The molecule has 3 atom stereocenters. The number of unbranched alkanes of at least 4 members (excludes halogenated alkanes) is 1. The monoisotopic (exact) mass is 244 g/mol. The lowest BCUT2D eigenvalue weighted by Gasteiger charge is -2.27. The zero-order chi connectivity index (χ0) is 11.5. The molecule has 1 aliphatic heterocycles. The van der Waals surface area contributed by atoms with E-state index in [0.29, 0.717) is 36.2 Å². The van der Waals surface area contributed by atoms with Gasteiger partial charge in [0.15, 0.2) is 0 Å². The Morgan fingerprint density at radius 1 is 1.31 bits per heavy atom. The molecule has 16 heavy (non-hydrogen) atoms. The van der Waals surface area contributed by atoms with Crippen LogP contribution in [0.3, 0.4) is 0 Å². The molecule has 3 nitrogen and oxygen atoms in total. The number of fused-ring (bicyclic) bond motifs is 2. The second-order valence-corrected chi connectivity index (χ2v) is 5.56. The molecule has 0 aromatic carbocycles. The first-order valence-corrected chi connectivity index (χ1v) is 6.85. The molecule has 0 radical (unpaired) electrons. The third-order valence-electron chi connectivity index (χ3n) is 3.81. The van der Waals surface area contributed by atoms with Crippen molar-refractivity contribution in [2.45, 2.75) is 50.6 Å². The maximum atomic E-state index is 12.0. The highest BCUT2D eigenvalue weighted by Crippen LogP contribution is 2.35. The Morgan fingerprint density at radius 2 is 2.12 bits per heavy atom. The van der Waals surface area contributed by atoms with Gasteiger partial charge in [0.05, 0.1) is 0 Å². The molecule has 2 rings (SSSR count). The molecule has 1 heterocycles. The Labute approximate surface area is 102 Å². The van der Waals surface area contributed by atoms with Crippen LogP contribution in [0.4, 0.5) is 0 Å². The second kappa shape index (κ2) is 5.37. The number of hydrogen-bond acceptors (Lipinski definition) is 2. The van der Waals surface area contributed by atoms with Gasteiger partial charge in [0.1, 0.15) is 0 Å². The highest BCUT2D eigenvalue weighted by atomic mass is 35.5. The third kappa shape index (κ3) is 2.69. The van der Waals surface area contributed by atoms with E-state index >= 15 is 0 Å². The molecule has 2 bridgehead atoms. The molecule has 92 valence electrons. The first-order chi connectivity index (χ1) is 7.70. The highest BCUT2D eigenvalue weighted by molar-refractivity contribution is 6.17. The molecular weight excluding hydrogens is 224 g/mol. The van der Waals surface area contributed by atoms with Gasteiger partial charge >= 0.3 is 0 Å². The number of likely N-dealkylation sites (tertiary alicyclic amines) is 1. The summed E-state index contributed by atoms with van der Waals surface area (Å²) in [6.45, 7) is 0.943. The van der Waals surface area contributed by atoms with Gasteiger partial charge in [0, 0.05) is 30.9 Å². The van der Waals surface area contributed by atoms with E-state index in [1.54, 1.807) is 0 Å². The lowest BCUT2D eigenvalue weighted by atomic mass is 9.87. The van der Waals surface area contributed by atoms with Crippen molar-refractivity contribution in [1.29, 1.82) is 0 Å². The molecule has 2 fully saturated rings. The Hall–Kier alpha value is -0.280. The number of amides is 1. The van der Waals surface area contributed by atoms with E-state index in [0.717, 1.165) is 32.2 Å². The molecule has 2 N–H and O–H groups in total. The van der Waals surface area contributed by atoms with E-state index in [2.05, 4.69) is 4.90 Å². The van der Waals surface area contributed by atoms with Crippen molar-refractivity contribution >= 4 is 17.5 Å². The molecular formula is C12H21ClN2O. The molecule has 0 aromatic heterocycles. The molecule has 1 saturated carbocycles. The molecule has 0 aromatic rings. The first kappa shape index (κ1) is 12.2. The van der Waals surface area contributed by atoms with Crippen LogP contribution in [0, 0.1) is 5.92 Å². The Bertz CT molecular complexity index is 259. The predicted molar refractivity (Wildman–Crippen MR) is 65.4 cm³/mol. The Kier molecular flexibility index (Phi) is 4.09. The van der Waals surface area contributed by atoms with Crippen LogP contribution in [0.15, 0.2) is 0 Å². The molecule has 1 saturated heterocycles. The van der Waals surface area contributed by atoms with E-state index < -0.39 is 0 Å². The standard InChI is InChI=1S/C12H21ClN2O/c13-4-2-1-3-12(16)15-8-9-5-10(14)7-11(15)6-9/h9-11H,1-8,14H2. The number of carbonyl (C=O) groups excluding carboxylic acids is 1. The van der Waals surface area contributed by atoms with Crippen molar-refractivity contribution in [3.8, 4) is 0 Å². The molecule has 3 unspecified atom stereocenters. The fourth-order valence-corrected chi connectivity index (χ4v) is 3.29. The number of hydrogen-bond donors (Lipinski definition) is 1. The average Bonchev–Trinajstić information content (AvgIpc) is 2.54. The smallest absolute Gasteiger partial charge is 0.222 e. The zero-order valence-electron chi connectivity index (χ0n) is 9.70. The van der Waals surface area contributed by atoms with Crippen LogP contribution < -0.4 is 5.73 Å². The van der Waals surface area contributed by atoms with Gasteiger partial charge in [-0.15, -0.1) is 11.6 Å². The van der Waals surface area contributed by atoms with Crippen LogP contribution in [-0.2, 0) is 4.79 Å². The third-order valence-corrected chi connectivity index (χ3v) is 4.07. The Morgan fingerprint density at radius 3 is 2.88 bits per heavy atom. The summed E-state index contributed by atoms with van der Waals surface area (Å²) in [7, 11) is 0. The number of nitrogens with zero attached hydrogens (tertiary/aromatic N) is 1. The summed E-state index contributed by atoms with van der Waals surface area (Å²) in [5.74, 6) is 1.63. The van der Waals surface area contributed by atoms with E-state index in [1.807, 2.05) is 0 Å². The van der Waals surface area contributed by atoms with Gasteiger partial charge in [-0.1, -0.05) is 0 Å². The number of halogens is 1. The van der Waals surface area contributed by atoms with Crippen LogP contribution in [-0.4, -0.2) is 35.3 Å². The van der Waals surface area contributed by atoms with Crippen LogP contribution in [0.25, 0.3) is 0 Å². The number of nitrogens with two attached hydrogens (primary N) is 1. The summed E-state index contributed by atoms with van der Waals surface area (Å²) in [5.41, 5.74) is 5.98. The fraction of sp³-hybridized carbons (Fsp3) is 0.917. The average molecular weight is 245 g/mol. The number of alkyl halides is 1. The lowest BCUT2D eigenvalue weighted by molar-refractivity contribution is -0.132. The van der Waals surface area contributed by atoms with Crippen LogP contribution >= 0.6 is 11.6 Å². The van der Waals surface area contributed by atoms with Crippen molar-refractivity contribution in [2.24, 2.45) is 11.7 Å². The van der Waals surface area contributed by atoms with Crippen molar-refractivity contribution in [3.63, 3.8) is 0 Å². The fourth-order valence-electron chi connectivity index (χ4n) is 3.10. The van der Waals surface area contributed by atoms with E-state index in [4.69, 9.17) is 17.3 Å². The molecule has 2 aliphatic rings. The minimum absolute atomic E-state index is 0.310. The summed E-state index contributed by atoms with van der Waals surface area (Å²) in [6.07, 6.45) is 5.79. The van der Waals surface area contributed by atoms with Gasteiger partial charge in [0.2, 0.25) is 5.91 Å². The minimum atomic E-state index is 0.310. The van der Waals surface area contributed by atoms with Gasteiger partial charge in [-0.3, -0.25) is 4.79 Å². The van der Waals surface area contributed by atoms with Gasteiger partial charge < -0.3 is 10.6 Å². The molecule has 1 aliphatic carbocycles. The summed E-state index contributed by atoms with van der Waals surface area (Å²) < 4.78 is 0. The predicted octanol–water partition coefficient (Wildman–Crippen LogP) is 1.73. The first-order valence-electron chi connectivity index (χ1n) is 6.31.